The maximum Gasteiger partial charge on any atom is 0.328 e. The second-order valence-corrected chi connectivity index (χ2v) is 4.98. The topological polar surface area (TPSA) is 92.2 Å². The first-order valence-corrected chi connectivity index (χ1v) is 6.48. The van der Waals surface area contributed by atoms with E-state index in [2.05, 4.69) is 15.5 Å². The lowest BCUT2D eigenvalue weighted by Crippen LogP contribution is -2.11. The van der Waals surface area contributed by atoms with Crippen LogP contribution in [0.3, 0.4) is 0 Å². The molecule has 0 saturated carbocycles. The van der Waals surface area contributed by atoms with Gasteiger partial charge in [0.2, 0.25) is 0 Å². The van der Waals surface area contributed by atoms with Gasteiger partial charge in [-0.25, -0.2) is 4.79 Å². The molecule has 0 bridgehead atoms. The molecule has 2 aromatic heterocycles. The van der Waals surface area contributed by atoms with E-state index in [4.69, 9.17) is 5.11 Å². The lowest BCUT2D eigenvalue weighted by molar-refractivity contribution is -0.131. The molecule has 20 heavy (non-hydrogen) atoms. The number of thiophene rings is 1. The summed E-state index contributed by atoms with van der Waals surface area (Å²) in [6, 6.07) is 5.01. The molecular weight excluding hydrogens is 278 g/mol. The van der Waals surface area contributed by atoms with Crippen molar-refractivity contribution < 1.29 is 14.7 Å². The lowest BCUT2D eigenvalue weighted by Gasteiger charge is -1.99. The Hall–Kier alpha value is -2.54. The third-order valence-corrected chi connectivity index (χ3v) is 3.57. The summed E-state index contributed by atoms with van der Waals surface area (Å²) in [6.45, 7) is 1.82. The number of aryl methyl sites for hydroxylation is 1. The summed E-state index contributed by atoms with van der Waals surface area (Å²) in [4.78, 5) is 23.7. The molecule has 0 fully saturated rings. The first kappa shape index (κ1) is 13.9. The molecular formula is C13H11N3O3S. The predicted octanol–water partition coefficient (Wildman–Crippen LogP) is 2.20. The van der Waals surface area contributed by atoms with Crippen molar-refractivity contribution in [1.82, 2.24) is 10.2 Å². The summed E-state index contributed by atoms with van der Waals surface area (Å²) in [6.07, 6.45) is 4.03. The number of carbonyl (C=O) groups excluding carboxylic acids is 1. The third kappa shape index (κ3) is 3.48. The van der Waals surface area contributed by atoms with Crippen LogP contribution in [-0.4, -0.2) is 27.2 Å². The third-order valence-electron chi connectivity index (χ3n) is 2.37. The van der Waals surface area contributed by atoms with Gasteiger partial charge >= 0.3 is 5.97 Å². The standard InChI is InChI=1S/C13H11N3O3S/c1-8-7-10(20-9(8)4-5-12(17)18)13(19)15-11-3-2-6-14-16-11/h2-7H,1H3,(H,17,18)(H,15,16,19)/b5-4+. The zero-order valence-corrected chi connectivity index (χ0v) is 11.3. The average molecular weight is 289 g/mol. The second kappa shape index (κ2) is 6.07. The highest BCUT2D eigenvalue weighted by Crippen LogP contribution is 2.24. The van der Waals surface area contributed by atoms with Crippen molar-refractivity contribution in [3.8, 4) is 0 Å². The van der Waals surface area contributed by atoms with E-state index < -0.39 is 5.97 Å². The number of rotatable bonds is 4. The summed E-state index contributed by atoms with van der Waals surface area (Å²) < 4.78 is 0. The molecule has 0 aromatic carbocycles. The van der Waals surface area contributed by atoms with Crippen LogP contribution in [0.4, 0.5) is 5.82 Å². The quantitative estimate of drug-likeness (QED) is 0.842. The number of amides is 1. The highest BCUT2D eigenvalue weighted by atomic mass is 32.1. The number of carboxylic acid groups (broad SMARTS) is 1. The minimum absolute atomic E-state index is 0.298. The fraction of sp³-hybridized carbons (Fsp3) is 0.0769. The Morgan fingerprint density at radius 2 is 2.25 bits per heavy atom. The Morgan fingerprint density at radius 3 is 2.90 bits per heavy atom. The summed E-state index contributed by atoms with van der Waals surface area (Å²) in [7, 11) is 0. The van der Waals surface area contributed by atoms with Crippen LogP contribution in [-0.2, 0) is 4.79 Å². The van der Waals surface area contributed by atoms with Crippen LogP contribution >= 0.6 is 11.3 Å². The van der Waals surface area contributed by atoms with Crippen molar-refractivity contribution in [3.63, 3.8) is 0 Å². The van der Waals surface area contributed by atoms with E-state index in [0.717, 1.165) is 16.5 Å². The molecule has 2 heterocycles. The fourth-order valence-corrected chi connectivity index (χ4v) is 2.44. The normalized spacial score (nSPS) is 10.7. The van der Waals surface area contributed by atoms with Crippen molar-refractivity contribution in [1.29, 1.82) is 0 Å². The number of hydrogen-bond donors (Lipinski definition) is 2. The van der Waals surface area contributed by atoms with E-state index >= 15 is 0 Å². The van der Waals surface area contributed by atoms with Gasteiger partial charge < -0.3 is 10.4 Å². The Labute approximate surface area is 118 Å². The van der Waals surface area contributed by atoms with E-state index in [1.807, 2.05) is 6.92 Å². The smallest absolute Gasteiger partial charge is 0.328 e. The summed E-state index contributed by atoms with van der Waals surface area (Å²) in [5, 5.41) is 18.7. The molecule has 6 nitrogen and oxygen atoms in total. The van der Waals surface area contributed by atoms with Crippen LogP contribution in [0.5, 0.6) is 0 Å². The number of aromatic nitrogens is 2. The second-order valence-electron chi connectivity index (χ2n) is 3.89. The van der Waals surface area contributed by atoms with Crippen LogP contribution in [0.25, 0.3) is 6.08 Å². The van der Waals surface area contributed by atoms with Gasteiger partial charge in [-0.05, 0) is 36.8 Å². The summed E-state index contributed by atoms with van der Waals surface area (Å²) >= 11 is 1.22. The minimum atomic E-state index is -1.02. The molecule has 0 saturated heterocycles. The molecule has 0 aliphatic heterocycles. The van der Waals surface area contributed by atoms with Gasteiger partial charge in [-0.2, -0.15) is 5.10 Å². The molecule has 0 unspecified atom stereocenters. The van der Waals surface area contributed by atoms with Crippen LogP contribution in [0, 0.1) is 6.92 Å². The molecule has 2 aromatic rings. The van der Waals surface area contributed by atoms with E-state index in [9.17, 15) is 9.59 Å². The van der Waals surface area contributed by atoms with Gasteiger partial charge in [0, 0.05) is 17.2 Å². The average Bonchev–Trinajstić information content (AvgIpc) is 2.79. The zero-order valence-electron chi connectivity index (χ0n) is 10.5. The largest absolute Gasteiger partial charge is 0.478 e. The number of nitrogens with zero attached hydrogens (tertiary/aromatic N) is 2. The number of carboxylic acids is 1. The van der Waals surface area contributed by atoms with Gasteiger partial charge in [0.1, 0.15) is 0 Å². The van der Waals surface area contributed by atoms with Gasteiger partial charge in [0.05, 0.1) is 4.88 Å². The Kier molecular flexibility index (Phi) is 4.21. The highest BCUT2D eigenvalue weighted by Gasteiger charge is 2.12. The molecule has 2 N–H and O–H groups in total. The van der Waals surface area contributed by atoms with Crippen LogP contribution in [0.2, 0.25) is 0 Å². The Morgan fingerprint density at radius 1 is 1.45 bits per heavy atom. The van der Waals surface area contributed by atoms with Gasteiger partial charge in [-0.1, -0.05) is 0 Å². The summed E-state index contributed by atoms with van der Waals surface area (Å²) in [5.41, 5.74) is 0.844. The van der Waals surface area contributed by atoms with E-state index in [1.54, 1.807) is 18.2 Å². The fourth-order valence-electron chi connectivity index (χ4n) is 1.47. The van der Waals surface area contributed by atoms with Gasteiger partial charge in [0.15, 0.2) is 5.82 Å². The van der Waals surface area contributed by atoms with Gasteiger partial charge in [-0.15, -0.1) is 16.4 Å². The van der Waals surface area contributed by atoms with Crippen LogP contribution < -0.4 is 5.32 Å². The van der Waals surface area contributed by atoms with Crippen LogP contribution in [0.1, 0.15) is 20.1 Å². The molecule has 0 aliphatic rings. The van der Waals surface area contributed by atoms with Gasteiger partial charge in [0.25, 0.3) is 5.91 Å². The monoisotopic (exact) mass is 289 g/mol. The number of hydrogen-bond acceptors (Lipinski definition) is 5. The van der Waals surface area contributed by atoms with E-state index in [1.165, 1.54) is 23.6 Å². The molecule has 0 aliphatic carbocycles. The molecule has 0 atom stereocenters. The van der Waals surface area contributed by atoms with Gasteiger partial charge in [-0.3, -0.25) is 4.79 Å². The predicted molar refractivity (Wildman–Crippen MR) is 75.7 cm³/mol. The highest BCUT2D eigenvalue weighted by molar-refractivity contribution is 7.15. The van der Waals surface area contributed by atoms with Crippen molar-refractivity contribution in [2.24, 2.45) is 0 Å². The molecule has 0 spiro atoms. The molecule has 2 rings (SSSR count). The van der Waals surface area contributed by atoms with Crippen molar-refractivity contribution in [2.75, 3.05) is 5.32 Å². The number of aliphatic carboxylic acids is 1. The Balaban J connectivity index is 2.15. The number of anilines is 1. The number of carbonyl (C=O) groups is 2. The SMILES string of the molecule is Cc1cc(C(=O)Nc2cccnn2)sc1/C=C/C(=O)O. The maximum absolute atomic E-state index is 12.0. The summed E-state index contributed by atoms with van der Waals surface area (Å²) in [5.74, 6) is -0.955. The molecule has 7 heteroatoms. The maximum atomic E-state index is 12.0. The van der Waals surface area contributed by atoms with Crippen molar-refractivity contribution in [2.45, 2.75) is 6.92 Å². The van der Waals surface area contributed by atoms with E-state index in [-0.39, 0.29) is 5.91 Å². The van der Waals surface area contributed by atoms with Crippen LogP contribution in [0.15, 0.2) is 30.5 Å². The molecule has 102 valence electrons. The minimum Gasteiger partial charge on any atom is -0.478 e. The lowest BCUT2D eigenvalue weighted by atomic mass is 10.2. The van der Waals surface area contributed by atoms with Crippen molar-refractivity contribution in [3.05, 3.63) is 45.8 Å². The first-order valence-electron chi connectivity index (χ1n) is 5.67. The molecule has 0 radical (unpaired) electrons. The van der Waals surface area contributed by atoms with E-state index in [0.29, 0.717) is 10.7 Å². The number of nitrogens with one attached hydrogen (secondary N) is 1. The van der Waals surface area contributed by atoms with Crippen molar-refractivity contribution >= 4 is 35.1 Å². The first-order chi connectivity index (χ1) is 9.56. The zero-order chi connectivity index (χ0) is 14.5. The molecule has 1 amide bonds. The Bertz CT molecular complexity index is 665.